The van der Waals surface area contributed by atoms with Gasteiger partial charge in [0.15, 0.2) is 0 Å². The van der Waals surface area contributed by atoms with E-state index in [0.29, 0.717) is 19.3 Å². The van der Waals surface area contributed by atoms with Crippen molar-refractivity contribution < 1.29 is 19.5 Å². The van der Waals surface area contributed by atoms with Crippen LogP contribution in [-0.4, -0.2) is 28.6 Å². The van der Waals surface area contributed by atoms with E-state index in [1.165, 1.54) is 0 Å². The van der Waals surface area contributed by atoms with E-state index in [9.17, 15) is 14.4 Å². The summed E-state index contributed by atoms with van der Waals surface area (Å²) in [6, 6.07) is 5.76. The smallest absolute Gasteiger partial charge is 0.303 e. The van der Waals surface area contributed by atoms with Crippen molar-refractivity contribution in [2.75, 3.05) is 4.90 Å². The predicted octanol–water partition coefficient (Wildman–Crippen LogP) is 2.93. The summed E-state index contributed by atoms with van der Waals surface area (Å²) in [4.78, 5) is 37.6. The zero-order chi connectivity index (χ0) is 18.4. The lowest BCUT2D eigenvalue weighted by molar-refractivity contribution is -0.137. The van der Waals surface area contributed by atoms with Gasteiger partial charge in [0.1, 0.15) is 5.66 Å². The zero-order valence-corrected chi connectivity index (χ0v) is 15.9. The fourth-order valence-corrected chi connectivity index (χ4v) is 3.74. The van der Waals surface area contributed by atoms with Crippen LogP contribution in [0.1, 0.15) is 51.5 Å². The molecule has 1 fully saturated rings. The van der Waals surface area contributed by atoms with E-state index in [4.69, 9.17) is 5.11 Å². The number of hydrogen-bond donors (Lipinski definition) is 2. The van der Waals surface area contributed by atoms with Crippen molar-refractivity contribution >= 4 is 39.4 Å². The highest BCUT2D eigenvalue weighted by Gasteiger charge is 2.58. The molecule has 1 saturated carbocycles. The molecule has 0 radical (unpaired) electrons. The molecule has 2 aliphatic rings. The number of hydrogen-bond acceptors (Lipinski definition) is 3. The first kappa shape index (κ1) is 17.9. The number of carbonyl (C=O) groups excluding carboxylic acids is 2. The molecule has 1 aliphatic heterocycles. The van der Waals surface area contributed by atoms with Crippen LogP contribution in [0.3, 0.4) is 0 Å². The van der Waals surface area contributed by atoms with Crippen LogP contribution in [0.2, 0.25) is 0 Å². The molecule has 0 saturated heterocycles. The maximum Gasteiger partial charge on any atom is 0.303 e. The van der Waals surface area contributed by atoms with Gasteiger partial charge in [0.25, 0.3) is 0 Å². The highest BCUT2D eigenvalue weighted by molar-refractivity contribution is 9.10. The molecule has 1 aliphatic carbocycles. The van der Waals surface area contributed by atoms with Gasteiger partial charge in [0, 0.05) is 17.3 Å². The van der Waals surface area contributed by atoms with E-state index in [1.54, 1.807) is 4.90 Å². The number of carboxylic acids is 1. The Morgan fingerprint density at radius 1 is 1.28 bits per heavy atom. The van der Waals surface area contributed by atoms with Gasteiger partial charge in [0.2, 0.25) is 11.8 Å². The van der Waals surface area contributed by atoms with Crippen LogP contribution in [0.15, 0.2) is 22.7 Å². The Morgan fingerprint density at radius 3 is 2.56 bits per heavy atom. The van der Waals surface area contributed by atoms with Gasteiger partial charge in [-0.05, 0) is 56.9 Å². The molecule has 6 nitrogen and oxygen atoms in total. The lowest BCUT2D eigenvalue weighted by atomic mass is 9.86. The predicted molar refractivity (Wildman–Crippen MR) is 96.2 cm³/mol. The summed E-state index contributed by atoms with van der Waals surface area (Å²) < 4.78 is 0.913. The molecule has 1 heterocycles. The summed E-state index contributed by atoms with van der Waals surface area (Å²) in [5, 5.41) is 11.6. The number of benzene rings is 1. The Morgan fingerprint density at radius 2 is 1.96 bits per heavy atom. The fourth-order valence-electron chi connectivity index (χ4n) is 3.38. The number of carbonyl (C=O) groups is 3. The second kappa shape index (κ2) is 6.12. The molecule has 0 aromatic heterocycles. The van der Waals surface area contributed by atoms with Crippen molar-refractivity contribution in [3.63, 3.8) is 0 Å². The van der Waals surface area contributed by atoms with Gasteiger partial charge < -0.3 is 10.4 Å². The van der Waals surface area contributed by atoms with Crippen LogP contribution in [0.4, 0.5) is 5.69 Å². The van der Waals surface area contributed by atoms with Gasteiger partial charge in [-0.2, -0.15) is 0 Å². The maximum absolute atomic E-state index is 13.0. The summed E-state index contributed by atoms with van der Waals surface area (Å²) in [5.41, 5.74) is 0.455. The van der Waals surface area contributed by atoms with Crippen LogP contribution in [-0.2, 0) is 19.8 Å². The Bertz CT molecular complexity index is 755. The quantitative estimate of drug-likeness (QED) is 0.757. The number of anilines is 1. The van der Waals surface area contributed by atoms with Crippen molar-refractivity contribution in [3.05, 3.63) is 28.2 Å². The largest absolute Gasteiger partial charge is 0.481 e. The van der Waals surface area contributed by atoms with Crippen molar-refractivity contribution in [1.82, 2.24) is 5.32 Å². The number of nitrogens with one attached hydrogen (secondary N) is 1. The summed E-state index contributed by atoms with van der Waals surface area (Å²) in [5.74, 6) is -1.15. The van der Waals surface area contributed by atoms with Gasteiger partial charge in [-0.1, -0.05) is 15.9 Å². The zero-order valence-electron chi connectivity index (χ0n) is 14.3. The van der Waals surface area contributed by atoms with E-state index in [-0.39, 0.29) is 24.7 Å². The average molecular weight is 409 g/mol. The van der Waals surface area contributed by atoms with E-state index in [2.05, 4.69) is 21.2 Å². The lowest BCUT2D eigenvalue weighted by Gasteiger charge is -2.31. The van der Waals surface area contributed by atoms with Crippen molar-refractivity contribution in [1.29, 1.82) is 0 Å². The minimum absolute atomic E-state index is 0.0241. The molecule has 3 rings (SSSR count). The van der Waals surface area contributed by atoms with Crippen molar-refractivity contribution in [2.45, 2.75) is 57.0 Å². The highest BCUT2D eigenvalue weighted by atomic mass is 79.9. The van der Waals surface area contributed by atoms with Gasteiger partial charge >= 0.3 is 5.97 Å². The molecule has 0 spiro atoms. The summed E-state index contributed by atoms with van der Waals surface area (Å²) in [7, 11) is 0. The molecule has 1 aromatic carbocycles. The number of aliphatic carboxylic acids is 1. The summed E-state index contributed by atoms with van der Waals surface area (Å²) >= 11 is 3.46. The van der Waals surface area contributed by atoms with Crippen LogP contribution in [0.25, 0.3) is 0 Å². The molecular formula is C18H21BrN2O4. The molecule has 2 amide bonds. The first-order chi connectivity index (χ1) is 11.7. The number of halogens is 1. The molecule has 2 N–H and O–H groups in total. The van der Waals surface area contributed by atoms with E-state index < -0.39 is 17.0 Å². The second-order valence-corrected chi connectivity index (χ2v) is 8.17. The van der Waals surface area contributed by atoms with E-state index in [0.717, 1.165) is 15.7 Å². The van der Waals surface area contributed by atoms with Gasteiger partial charge in [-0.3, -0.25) is 19.3 Å². The Kier molecular flexibility index (Phi) is 4.39. The SMILES string of the molecule is CC1(C)C(=O)N(C2(NC(=O)CCCC(=O)O)CC2)c2ccc(Br)cc21. The standard InChI is InChI=1S/C18H21BrN2O4/c1-17(2)12-10-11(19)6-7-13(12)21(16(17)25)18(8-9-18)20-14(22)4-3-5-15(23)24/h6-7,10H,3-5,8-9H2,1-2H3,(H,20,22)(H,23,24). The van der Waals surface area contributed by atoms with Crippen LogP contribution in [0, 0.1) is 0 Å². The average Bonchev–Trinajstić information content (AvgIpc) is 3.24. The van der Waals surface area contributed by atoms with E-state index >= 15 is 0 Å². The first-order valence-electron chi connectivity index (χ1n) is 8.35. The molecule has 0 atom stereocenters. The minimum atomic E-state index is -0.912. The number of nitrogens with zero attached hydrogens (tertiary/aromatic N) is 1. The third kappa shape index (κ3) is 3.17. The third-order valence-electron chi connectivity index (χ3n) is 4.93. The molecule has 1 aromatic rings. The maximum atomic E-state index is 13.0. The number of rotatable bonds is 6. The normalized spacial score (nSPS) is 19.5. The van der Waals surface area contributed by atoms with E-state index in [1.807, 2.05) is 32.0 Å². The highest BCUT2D eigenvalue weighted by Crippen LogP contribution is 2.51. The fraction of sp³-hybridized carbons (Fsp3) is 0.500. The molecule has 134 valence electrons. The topological polar surface area (TPSA) is 86.7 Å². The Balaban J connectivity index is 1.81. The molecule has 25 heavy (non-hydrogen) atoms. The monoisotopic (exact) mass is 408 g/mol. The van der Waals surface area contributed by atoms with Crippen LogP contribution >= 0.6 is 15.9 Å². The van der Waals surface area contributed by atoms with Gasteiger partial charge in [-0.15, -0.1) is 0 Å². The number of carboxylic acid groups (broad SMARTS) is 1. The third-order valence-corrected chi connectivity index (χ3v) is 5.42. The van der Waals surface area contributed by atoms with Crippen molar-refractivity contribution in [2.24, 2.45) is 0 Å². The molecular weight excluding hydrogens is 388 g/mol. The molecule has 0 bridgehead atoms. The molecule has 7 heteroatoms. The van der Waals surface area contributed by atoms with Crippen LogP contribution in [0.5, 0.6) is 0 Å². The Hall–Kier alpha value is -1.89. The first-order valence-corrected chi connectivity index (χ1v) is 9.14. The Labute approximate surface area is 154 Å². The second-order valence-electron chi connectivity index (χ2n) is 7.25. The summed E-state index contributed by atoms with van der Waals surface area (Å²) in [6.45, 7) is 3.79. The number of fused-ring (bicyclic) bond motifs is 1. The molecule has 0 unspecified atom stereocenters. The van der Waals surface area contributed by atoms with Crippen LogP contribution < -0.4 is 10.2 Å². The lowest BCUT2D eigenvalue weighted by Crippen LogP contribution is -2.54. The van der Waals surface area contributed by atoms with Gasteiger partial charge in [-0.25, -0.2) is 0 Å². The summed E-state index contributed by atoms with van der Waals surface area (Å²) in [6.07, 6.45) is 1.81. The number of amides is 2. The van der Waals surface area contributed by atoms with Crippen molar-refractivity contribution in [3.8, 4) is 0 Å². The minimum Gasteiger partial charge on any atom is -0.481 e. The van der Waals surface area contributed by atoms with Gasteiger partial charge in [0.05, 0.1) is 11.1 Å².